The van der Waals surface area contributed by atoms with Crippen LogP contribution in [0.1, 0.15) is 12.8 Å². The van der Waals surface area contributed by atoms with Crippen molar-refractivity contribution in [3.63, 3.8) is 0 Å². The van der Waals surface area contributed by atoms with Gasteiger partial charge in [0.25, 0.3) is 7.82 Å². The lowest BCUT2D eigenvalue weighted by Gasteiger charge is -2.38. The lowest BCUT2D eigenvalue weighted by Crippen LogP contribution is -2.63. The van der Waals surface area contributed by atoms with Crippen molar-refractivity contribution in [2.24, 2.45) is 10.7 Å². The van der Waals surface area contributed by atoms with Crippen molar-refractivity contribution in [1.82, 2.24) is 15.5 Å². The summed E-state index contributed by atoms with van der Waals surface area (Å²) in [5.41, 5.74) is 5.65. The molecule has 17 nitrogen and oxygen atoms in total. The van der Waals surface area contributed by atoms with Crippen molar-refractivity contribution < 1.29 is 56.3 Å². The molecule has 0 aromatic carbocycles. The third kappa shape index (κ3) is 6.36. The predicted molar refractivity (Wildman–Crippen MR) is 87.0 cm³/mol. The second-order valence-corrected chi connectivity index (χ2v) is 10.8. The zero-order valence-corrected chi connectivity index (χ0v) is 17.6. The van der Waals surface area contributed by atoms with E-state index < -0.39 is 66.8 Å². The molecule has 7 atom stereocenters. The van der Waals surface area contributed by atoms with Gasteiger partial charge in [0, 0.05) is 0 Å². The lowest BCUT2D eigenvalue weighted by molar-refractivity contribution is -0.334. The van der Waals surface area contributed by atoms with E-state index in [1.165, 1.54) is 0 Å². The fourth-order valence-electron chi connectivity index (χ4n) is 3.25. The van der Waals surface area contributed by atoms with Gasteiger partial charge in [-0.15, -0.1) is 0 Å². The van der Waals surface area contributed by atoms with Gasteiger partial charge in [-0.05, 0) is 18.7 Å². The Labute approximate surface area is 169 Å². The maximum atomic E-state index is 11.9. The van der Waals surface area contributed by atoms with Crippen LogP contribution in [0.4, 0.5) is 0 Å². The van der Waals surface area contributed by atoms with Crippen molar-refractivity contribution >= 4 is 29.4 Å². The molecule has 5 N–H and O–H groups in total. The Bertz CT molecular complexity index is 822. The minimum absolute atomic E-state index is 0.271. The normalized spacial score (nSPS) is 36.7. The van der Waals surface area contributed by atoms with E-state index >= 15 is 0 Å². The zero-order valence-electron chi connectivity index (χ0n) is 15.0. The van der Waals surface area contributed by atoms with Gasteiger partial charge in [-0.2, -0.15) is 0 Å². The van der Waals surface area contributed by atoms with E-state index in [4.69, 9.17) is 15.4 Å². The van der Waals surface area contributed by atoms with Crippen molar-refractivity contribution in [2.75, 3.05) is 13.3 Å². The third-order valence-corrected chi connectivity index (χ3v) is 8.04. The van der Waals surface area contributed by atoms with E-state index in [0.717, 1.165) is 0 Å². The number of fused-ring (bicyclic) bond motifs is 1. The second kappa shape index (κ2) is 8.90. The quantitative estimate of drug-likeness (QED) is 0.231. The molecule has 20 heteroatoms. The second-order valence-electron chi connectivity index (χ2n) is 6.49. The molecule has 2 fully saturated rings. The average Bonchev–Trinajstić information content (AvgIpc) is 3.15. The van der Waals surface area contributed by atoms with Gasteiger partial charge in [-0.25, -0.2) is 13.8 Å². The molecule has 0 aliphatic carbocycles. The Kier molecular flexibility index (Phi) is 7.22. The summed E-state index contributed by atoms with van der Waals surface area (Å²) < 4.78 is 50.1. The SMILES string of the molecule is NC1N=C([O-])C2NCN([C@H]3CCC(COP(=O)([O-])OP(=O)(O)OP(=O)([O-])[O-])O3)C2N1. The van der Waals surface area contributed by atoms with Crippen molar-refractivity contribution in [2.45, 2.75) is 43.7 Å². The summed E-state index contributed by atoms with van der Waals surface area (Å²) >= 11 is 0. The first-order chi connectivity index (χ1) is 13.7. The van der Waals surface area contributed by atoms with E-state index in [9.17, 15) is 33.5 Å². The number of hydrogen-bond acceptors (Lipinski definition) is 16. The van der Waals surface area contributed by atoms with E-state index in [0.29, 0.717) is 12.8 Å². The number of hydrogen-bond donors (Lipinski definition) is 4. The summed E-state index contributed by atoms with van der Waals surface area (Å²) in [4.78, 5) is 46.8. The summed E-state index contributed by atoms with van der Waals surface area (Å²) in [5.74, 6) is -0.410. The Hall–Kier alpha value is -0.320. The van der Waals surface area contributed by atoms with Crippen molar-refractivity contribution in [3.05, 3.63) is 0 Å². The number of nitrogens with zero attached hydrogens (tertiary/aromatic N) is 2. The van der Waals surface area contributed by atoms with Gasteiger partial charge in [0.15, 0.2) is 6.29 Å². The molecule has 30 heavy (non-hydrogen) atoms. The average molecular weight is 493 g/mol. The number of nitrogens with one attached hydrogen (secondary N) is 2. The topological polar surface area (TPSA) is 266 Å². The van der Waals surface area contributed by atoms with Gasteiger partial charge in [0.05, 0.1) is 39.4 Å². The van der Waals surface area contributed by atoms with Crippen LogP contribution in [0.15, 0.2) is 4.99 Å². The van der Waals surface area contributed by atoms with Gasteiger partial charge in [-0.3, -0.25) is 30.2 Å². The Morgan fingerprint density at radius 3 is 2.63 bits per heavy atom. The minimum Gasteiger partial charge on any atom is -0.861 e. The van der Waals surface area contributed by atoms with Crippen LogP contribution in [-0.4, -0.2) is 59.8 Å². The largest absolute Gasteiger partial charge is 0.861 e. The maximum Gasteiger partial charge on any atom is 0.482 e. The Morgan fingerprint density at radius 1 is 1.27 bits per heavy atom. The van der Waals surface area contributed by atoms with Gasteiger partial charge >= 0.3 is 7.82 Å². The Morgan fingerprint density at radius 2 is 1.97 bits per heavy atom. The summed E-state index contributed by atoms with van der Waals surface area (Å²) in [6.07, 6.45) is -1.91. The van der Waals surface area contributed by atoms with Crippen molar-refractivity contribution in [3.8, 4) is 0 Å². The molecule has 6 unspecified atom stereocenters. The molecule has 2 saturated heterocycles. The van der Waals surface area contributed by atoms with E-state index in [1.54, 1.807) is 4.90 Å². The fourth-order valence-corrected chi connectivity index (χ4v) is 6.20. The molecule has 0 bridgehead atoms. The molecule has 3 rings (SSSR count). The summed E-state index contributed by atoms with van der Waals surface area (Å²) in [6, 6.07) is -0.615. The van der Waals surface area contributed by atoms with Crippen LogP contribution in [0.5, 0.6) is 0 Å². The highest BCUT2D eigenvalue weighted by Gasteiger charge is 2.43. The smallest absolute Gasteiger partial charge is 0.482 e. The number of aliphatic imine (C=N–C) groups is 1. The molecule has 0 saturated carbocycles. The highest BCUT2D eigenvalue weighted by atomic mass is 31.3. The number of phosphoric acid groups is 3. The van der Waals surface area contributed by atoms with Crippen LogP contribution in [-0.2, 0) is 31.6 Å². The highest BCUT2D eigenvalue weighted by Crippen LogP contribution is 2.63. The molecule has 3 aliphatic heterocycles. The standard InChI is InChI=1S/C10H22N5O12P3/c11-10-13-8-7(9(16)14-10)12-4-15(8)6-2-1-5(25-6)3-24-29(20,21)27-30(22,23)26-28(17,18)19/h5-8,10,12-13H,1-4,11H2,(H,14,16)(H,20,21)(H,22,23)(H2,17,18,19)/p-4/t5?,6-,7?,8?,10?/m1/s1. The lowest BCUT2D eigenvalue weighted by atomic mass is 10.2. The Balaban J connectivity index is 1.51. The van der Waals surface area contributed by atoms with Gasteiger partial charge in [0.2, 0.25) is 0 Å². The molecule has 0 amide bonds. The molecule has 0 spiro atoms. The third-order valence-electron chi connectivity index (χ3n) is 4.32. The number of rotatable bonds is 8. The number of nitrogens with two attached hydrogens (primary N) is 1. The monoisotopic (exact) mass is 493 g/mol. The summed E-state index contributed by atoms with van der Waals surface area (Å²) in [6.45, 7) is -0.354. The highest BCUT2D eigenvalue weighted by molar-refractivity contribution is 7.65. The molecular formula is C10H18N5O12P3-4. The maximum absolute atomic E-state index is 11.9. The minimum atomic E-state index is -5.99. The molecule has 3 heterocycles. The van der Waals surface area contributed by atoms with Crippen LogP contribution in [0.3, 0.4) is 0 Å². The molecule has 0 radical (unpaired) electrons. The van der Waals surface area contributed by atoms with Crippen LogP contribution < -0.4 is 36.2 Å². The summed E-state index contributed by atoms with van der Waals surface area (Å²) in [7, 11) is -17.3. The first kappa shape index (κ1) is 24.3. The first-order valence-corrected chi connectivity index (χ1v) is 12.8. The predicted octanol–water partition coefficient (Wildman–Crippen LogP) is -4.90. The van der Waals surface area contributed by atoms with Crippen LogP contribution >= 0.6 is 23.5 Å². The van der Waals surface area contributed by atoms with Gasteiger partial charge < -0.3 is 38.5 Å². The van der Waals surface area contributed by atoms with E-state index in [2.05, 4.69) is 28.8 Å². The zero-order chi connectivity index (χ0) is 22.3. The van der Waals surface area contributed by atoms with Crippen molar-refractivity contribution in [1.29, 1.82) is 0 Å². The molecule has 0 aromatic heterocycles. The van der Waals surface area contributed by atoms with Gasteiger partial charge in [0.1, 0.15) is 6.23 Å². The molecule has 3 aliphatic rings. The molecular weight excluding hydrogens is 475 g/mol. The molecule has 0 aromatic rings. The van der Waals surface area contributed by atoms with E-state index in [-0.39, 0.29) is 6.67 Å². The fraction of sp³-hybridized carbons (Fsp3) is 0.900. The number of phosphoric ester groups is 1. The van der Waals surface area contributed by atoms with Crippen LogP contribution in [0.2, 0.25) is 0 Å². The van der Waals surface area contributed by atoms with E-state index in [1.807, 2.05) is 0 Å². The van der Waals surface area contributed by atoms with Crippen LogP contribution in [0, 0.1) is 0 Å². The molecule has 174 valence electrons. The summed E-state index contributed by atoms with van der Waals surface area (Å²) in [5, 5.41) is 17.8. The van der Waals surface area contributed by atoms with Gasteiger partial charge in [-0.1, -0.05) is 0 Å². The number of ether oxygens (including phenoxy) is 1. The first-order valence-electron chi connectivity index (χ1n) is 8.39. The van der Waals surface area contributed by atoms with Crippen LogP contribution in [0.25, 0.3) is 0 Å².